The van der Waals surface area contributed by atoms with E-state index < -0.39 is 12.2 Å². The number of hydrogen-bond donors (Lipinski definition) is 0. The lowest BCUT2D eigenvalue weighted by atomic mass is 9.87. The molecule has 0 bridgehead atoms. The maximum atomic E-state index is 13.6. The summed E-state index contributed by atoms with van der Waals surface area (Å²) in [4.78, 5) is 32.8. The zero-order valence-electron chi connectivity index (χ0n) is 24.9. The smallest absolute Gasteiger partial charge is 0.410 e. The van der Waals surface area contributed by atoms with Crippen LogP contribution < -0.4 is 0 Å². The number of carbonyl (C=O) groups excluding carboxylic acids is 2. The van der Waals surface area contributed by atoms with Crippen LogP contribution in [0.1, 0.15) is 33.2 Å². The van der Waals surface area contributed by atoms with Gasteiger partial charge in [0, 0.05) is 65.5 Å². The standard InChI is InChI=1S/C35H30N8O3/c36-39-37-27-16-14-25(15-17-27)34(44)41-18-20-42(21-19-41)35(45)46-31-22-26-10-4-5-11-28(26)33-32(30-13-7-6-12-29(30)31)38-40-43(33)23-24-8-2-1-3-9-24/h1-17,31H,18-23H2. The fourth-order valence-electron chi connectivity index (χ4n) is 6.16. The first-order valence-electron chi connectivity index (χ1n) is 15.1. The normalized spacial score (nSPS) is 15.3. The molecule has 0 radical (unpaired) electrons. The van der Waals surface area contributed by atoms with Crippen LogP contribution in [0.15, 0.2) is 108 Å². The monoisotopic (exact) mass is 610 g/mol. The van der Waals surface area contributed by atoms with Crippen molar-refractivity contribution in [3.8, 4) is 22.5 Å². The Kier molecular flexibility index (Phi) is 7.89. The van der Waals surface area contributed by atoms with Crippen molar-refractivity contribution in [1.29, 1.82) is 0 Å². The highest BCUT2D eigenvalue weighted by molar-refractivity contribution is 5.94. The lowest BCUT2D eigenvalue weighted by Gasteiger charge is -2.35. The van der Waals surface area contributed by atoms with Gasteiger partial charge in [-0.15, -0.1) is 5.10 Å². The molecule has 0 spiro atoms. The molecule has 1 aromatic heterocycles. The van der Waals surface area contributed by atoms with Crippen molar-refractivity contribution in [2.45, 2.75) is 19.1 Å². The summed E-state index contributed by atoms with van der Waals surface area (Å²) < 4.78 is 8.22. The molecule has 0 N–H and O–H groups in total. The number of fused-ring (bicyclic) bond motifs is 5. The van der Waals surface area contributed by atoms with E-state index in [1.54, 1.807) is 34.1 Å². The van der Waals surface area contributed by atoms with E-state index in [2.05, 4.69) is 44.6 Å². The van der Waals surface area contributed by atoms with Crippen LogP contribution in [0.3, 0.4) is 0 Å². The van der Waals surface area contributed by atoms with Crippen LogP contribution in [0.4, 0.5) is 10.5 Å². The quantitative estimate of drug-likeness (QED) is 0.123. The number of amides is 2. The molecule has 11 heteroatoms. The van der Waals surface area contributed by atoms with E-state index >= 15 is 0 Å². The largest absolute Gasteiger partial charge is 0.441 e. The fourth-order valence-corrected chi connectivity index (χ4v) is 6.16. The molecule has 1 atom stereocenters. The topological polar surface area (TPSA) is 129 Å². The number of benzene rings is 4. The third-order valence-corrected chi connectivity index (χ3v) is 8.49. The number of ether oxygens (including phenoxy) is 1. The maximum absolute atomic E-state index is 13.6. The molecule has 2 aliphatic rings. The van der Waals surface area contributed by atoms with Gasteiger partial charge in [-0.05, 0) is 28.8 Å². The van der Waals surface area contributed by atoms with E-state index in [1.165, 1.54) is 0 Å². The number of rotatable bonds is 5. The van der Waals surface area contributed by atoms with Crippen LogP contribution >= 0.6 is 0 Å². The van der Waals surface area contributed by atoms with Gasteiger partial charge < -0.3 is 14.5 Å². The van der Waals surface area contributed by atoms with Crippen molar-refractivity contribution in [2.24, 2.45) is 5.11 Å². The highest BCUT2D eigenvalue weighted by Gasteiger charge is 2.32. The summed E-state index contributed by atoms with van der Waals surface area (Å²) in [6.45, 7) is 2.04. The molecule has 46 heavy (non-hydrogen) atoms. The summed E-state index contributed by atoms with van der Waals surface area (Å²) in [6, 6.07) is 32.7. The minimum absolute atomic E-state index is 0.137. The number of hydrogen-bond acceptors (Lipinski definition) is 6. The minimum Gasteiger partial charge on any atom is -0.441 e. The maximum Gasteiger partial charge on any atom is 0.410 e. The molecule has 11 nitrogen and oxygen atoms in total. The third kappa shape index (κ3) is 5.67. The Hall–Kier alpha value is -5.93. The Morgan fingerprint density at radius 3 is 2.26 bits per heavy atom. The SMILES string of the molecule is [N-]=[N+]=Nc1ccc(C(=O)N2CCN(C(=O)OC3Cc4ccccc4-c4c(nnn4Cc4ccccc4)-c4ccccc43)CC2)cc1. The average Bonchev–Trinajstić information content (AvgIpc) is 3.50. The molecule has 0 saturated carbocycles. The Labute approximate surface area is 265 Å². The highest BCUT2D eigenvalue weighted by Crippen LogP contribution is 2.42. The lowest BCUT2D eigenvalue weighted by Crippen LogP contribution is -2.51. The first-order chi connectivity index (χ1) is 22.6. The van der Waals surface area contributed by atoms with Crippen molar-refractivity contribution in [3.05, 3.63) is 136 Å². The van der Waals surface area contributed by atoms with Crippen LogP contribution in [0, 0.1) is 0 Å². The second-order valence-electron chi connectivity index (χ2n) is 11.3. The van der Waals surface area contributed by atoms with Crippen LogP contribution in [0.5, 0.6) is 0 Å². The van der Waals surface area contributed by atoms with Crippen LogP contribution in [0.2, 0.25) is 0 Å². The zero-order valence-corrected chi connectivity index (χ0v) is 24.9. The summed E-state index contributed by atoms with van der Waals surface area (Å²) in [6.07, 6.45) is -0.484. The molecular formula is C35H30N8O3. The summed E-state index contributed by atoms with van der Waals surface area (Å²) in [5.41, 5.74) is 16.2. The van der Waals surface area contributed by atoms with Crippen LogP contribution in [0.25, 0.3) is 33.0 Å². The van der Waals surface area contributed by atoms with Gasteiger partial charge in [0.2, 0.25) is 0 Å². The van der Waals surface area contributed by atoms with Gasteiger partial charge in [0.05, 0.1) is 12.2 Å². The first kappa shape index (κ1) is 28.8. The van der Waals surface area contributed by atoms with Crippen molar-refractivity contribution in [2.75, 3.05) is 26.2 Å². The molecule has 1 saturated heterocycles. The molecule has 2 amide bonds. The van der Waals surface area contributed by atoms with Gasteiger partial charge in [-0.1, -0.05) is 101 Å². The summed E-state index contributed by atoms with van der Waals surface area (Å²) in [5, 5.41) is 12.8. The minimum atomic E-state index is -0.550. The zero-order chi connectivity index (χ0) is 31.5. The van der Waals surface area contributed by atoms with Gasteiger partial charge in [0.1, 0.15) is 11.8 Å². The van der Waals surface area contributed by atoms with E-state index in [9.17, 15) is 9.59 Å². The van der Waals surface area contributed by atoms with Gasteiger partial charge in [0.25, 0.3) is 5.91 Å². The molecule has 1 aliphatic carbocycles. The lowest BCUT2D eigenvalue weighted by molar-refractivity contribution is 0.0404. The number of azide groups is 1. The number of aromatic nitrogens is 3. The summed E-state index contributed by atoms with van der Waals surface area (Å²) in [7, 11) is 0. The van der Waals surface area contributed by atoms with Crippen molar-refractivity contribution in [3.63, 3.8) is 0 Å². The van der Waals surface area contributed by atoms with E-state index in [1.807, 2.05) is 59.3 Å². The van der Waals surface area contributed by atoms with E-state index in [4.69, 9.17) is 10.3 Å². The van der Waals surface area contributed by atoms with E-state index in [0.717, 1.165) is 39.2 Å². The molecule has 4 aromatic carbocycles. The first-order valence-corrected chi connectivity index (χ1v) is 15.1. The fraction of sp³-hybridized carbons (Fsp3) is 0.200. The van der Waals surface area contributed by atoms with Gasteiger partial charge in [0.15, 0.2) is 0 Å². The summed E-state index contributed by atoms with van der Waals surface area (Å²) in [5.74, 6) is -0.137. The molecule has 1 unspecified atom stereocenters. The average molecular weight is 611 g/mol. The molecule has 7 rings (SSSR count). The Morgan fingerprint density at radius 1 is 0.826 bits per heavy atom. The number of carbonyl (C=O) groups is 2. The van der Waals surface area contributed by atoms with Crippen molar-refractivity contribution < 1.29 is 14.3 Å². The molecule has 1 aliphatic heterocycles. The Balaban J connectivity index is 1.12. The van der Waals surface area contributed by atoms with Crippen LogP contribution in [-0.2, 0) is 17.7 Å². The van der Waals surface area contributed by atoms with Gasteiger partial charge >= 0.3 is 6.09 Å². The van der Waals surface area contributed by atoms with Crippen molar-refractivity contribution in [1.82, 2.24) is 24.8 Å². The number of nitrogens with zero attached hydrogens (tertiary/aromatic N) is 8. The molecular weight excluding hydrogens is 580 g/mol. The highest BCUT2D eigenvalue weighted by atomic mass is 16.6. The molecule has 2 heterocycles. The van der Waals surface area contributed by atoms with Gasteiger partial charge in [-0.2, -0.15) is 0 Å². The second-order valence-corrected chi connectivity index (χ2v) is 11.3. The molecule has 1 fully saturated rings. The molecule has 5 aromatic rings. The van der Waals surface area contributed by atoms with E-state index in [0.29, 0.717) is 50.4 Å². The van der Waals surface area contributed by atoms with Gasteiger partial charge in [-0.3, -0.25) is 4.79 Å². The van der Waals surface area contributed by atoms with Crippen molar-refractivity contribution >= 4 is 17.7 Å². The predicted octanol–water partition coefficient (Wildman–Crippen LogP) is 6.79. The second kappa shape index (κ2) is 12.6. The van der Waals surface area contributed by atoms with Gasteiger partial charge in [-0.25, -0.2) is 9.48 Å². The van der Waals surface area contributed by atoms with E-state index in [-0.39, 0.29) is 5.91 Å². The third-order valence-electron chi connectivity index (χ3n) is 8.49. The number of piperazine rings is 1. The Morgan fingerprint density at radius 2 is 1.50 bits per heavy atom. The summed E-state index contributed by atoms with van der Waals surface area (Å²) >= 11 is 0. The molecule has 228 valence electrons. The Bertz CT molecular complexity index is 1940. The van der Waals surface area contributed by atoms with Crippen LogP contribution in [-0.4, -0.2) is 63.0 Å². The predicted molar refractivity (Wildman–Crippen MR) is 172 cm³/mol.